The summed E-state index contributed by atoms with van der Waals surface area (Å²) < 4.78 is 6.53. The van der Waals surface area contributed by atoms with Crippen LogP contribution < -0.4 is 0 Å². The summed E-state index contributed by atoms with van der Waals surface area (Å²) in [4.78, 5) is 11.1. The highest BCUT2D eigenvalue weighted by Gasteiger charge is 2.14. The van der Waals surface area contributed by atoms with Crippen LogP contribution in [0.15, 0.2) is 158 Å². The van der Waals surface area contributed by atoms with E-state index in [0.29, 0.717) is 0 Å². The van der Waals surface area contributed by atoms with Gasteiger partial charge in [-0.05, 0) is 57.6 Å². The smallest absolute Gasteiger partial charge is 0.143 e. The molecule has 2 nitrogen and oxygen atoms in total. The normalized spacial score (nSPS) is 11.9. The Hall–Kier alpha value is -5.72. The highest BCUT2D eigenvalue weighted by molar-refractivity contribution is 7.27. The number of hydrogen-bond donors (Lipinski definition) is 0. The lowest BCUT2D eigenvalue weighted by Gasteiger charge is -2.07. The standard InChI is InChI=1S/C46H26N2S3/c1-3-13-40-34(7-1)36-11-5-9-32(44(36)49-40)28-17-15-27(16-18-28)31-23-24-42-38(25-31)43-46(51-42)47-26-39(48-43)30-21-19-29(20-22-30)33-10-6-12-37-35-8-2-4-14-41(35)50-45(33)37/h1-26H. The van der Waals surface area contributed by atoms with Crippen LogP contribution in [0.4, 0.5) is 0 Å². The van der Waals surface area contributed by atoms with Gasteiger partial charge in [0.1, 0.15) is 10.3 Å². The molecule has 11 rings (SSSR count). The first kappa shape index (κ1) is 29.1. The molecule has 0 aliphatic carbocycles. The van der Waals surface area contributed by atoms with Crippen molar-refractivity contribution < 1.29 is 0 Å². The molecule has 0 atom stereocenters. The van der Waals surface area contributed by atoms with Crippen LogP contribution in [0.1, 0.15) is 0 Å². The first-order valence-corrected chi connectivity index (χ1v) is 19.4. The predicted molar refractivity (Wildman–Crippen MR) is 222 cm³/mol. The molecule has 0 unspecified atom stereocenters. The summed E-state index contributed by atoms with van der Waals surface area (Å²) in [6.07, 6.45) is 1.91. The molecule has 0 radical (unpaired) electrons. The summed E-state index contributed by atoms with van der Waals surface area (Å²) in [5.41, 5.74) is 10.3. The number of thiophene rings is 3. The lowest BCUT2D eigenvalue weighted by atomic mass is 9.98. The van der Waals surface area contributed by atoms with Gasteiger partial charge in [0.25, 0.3) is 0 Å². The van der Waals surface area contributed by atoms with Gasteiger partial charge in [-0.1, -0.05) is 127 Å². The van der Waals surface area contributed by atoms with Crippen molar-refractivity contribution in [2.24, 2.45) is 0 Å². The van der Waals surface area contributed by atoms with E-state index in [1.54, 1.807) is 11.3 Å². The second-order valence-electron chi connectivity index (χ2n) is 12.9. The van der Waals surface area contributed by atoms with E-state index in [4.69, 9.17) is 9.97 Å². The van der Waals surface area contributed by atoms with Crippen molar-refractivity contribution in [3.63, 3.8) is 0 Å². The molecule has 0 fully saturated rings. The second kappa shape index (κ2) is 11.4. The van der Waals surface area contributed by atoms with Gasteiger partial charge in [0, 0.05) is 56.0 Å². The Kier molecular flexibility index (Phi) is 6.50. The van der Waals surface area contributed by atoms with E-state index in [9.17, 15) is 0 Å². The summed E-state index contributed by atoms with van der Waals surface area (Å²) in [5, 5.41) is 6.44. The molecule has 0 saturated carbocycles. The molecule has 0 bridgehead atoms. The Bertz CT molecular complexity index is 2920. The van der Waals surface area contributed by atoms with Crippen LogP contribution in [0, 0.1) is 0 Å². The van der Waals surface area contributed by atoms with Crippen molar-refractivity contribution in [1.82, 2.24) is 9.97 Å². The van der Waals surface area contributed by atoms with E-state index in [1.165, 1.54) is 78.4 Å². The van der Waals surface area contributed by atoms with Crippen LogP contribution in [0.3, 0.4) is 0 Å². The average Bonchev–Trinajstić information content (AvgIpc) is 3.89. The quantitative estimate of drug-likeness (QED) is 0.182. The fourth-order valence-corrected chi connectivity index (χ4v) is 10.9. The Labute approximate surface area is 305 Å². The van der Waals surface area contributed by atoms with Crippen LogP contribution in [0.5, 0.6) is 0 Å². The summed E-state index contributed by atoms with van der Waals surface area (Å²) >= 11 is 5.44. The largest absolute Gasteiger partial charge is 0.243 e. The van der Waals surface area contributed by atoms with Gasteiger partial charge < -0.3 is 0 Å². The van der Waals surface area contributed by atoms with Crippen molar-refractivity contribution in [2.45, 2.75) is 0 Å². The molecule has 0 aliphatic rings. The van der Waals surface area contributed by atoms with E-state index in [-0.39, 0.29) is 0 Å². The van der Waals surface area contributed by atoms with Gasteiger partial charge >= 0.3 is 0 Å². The molecule has 0 aliphatic heterocycles. The number of aromatic nitrogens is 2. The fraction of sp³-hybridized carbons (Fsp3) is 0. The van der Waals surface area contributed by atoms with E-state index < -0.39 is 0 Å². The molecule has 238 valence electrons. The number of nitrogens with zero attached hydrogens (tertiary/aromatic N) is 2. The Morgan fingerprint density at radius 2 is 0.882 bits per heavy atom. The van der Waals surface area contributed by atoms with Crippen molar-refractivity contribution >= 4 is 94.8 Å². The maximum Gasteiger partial charge on any atom is 0.143 e. The van der Waals surface area contributed by atoms with Crippen LogP contribution in [0.2, 0.25) is 0 Å². The van der Waals surface area contributed by atoms with Gasteiger partial charge in [0.15, 0.2) is 0 Å². The zero-order chi connectivity index (χ0) is 33.5. The molecular weight excluding hydrogens is 677 g/mol. The van der Waals surface area contributed by atoms with Gasteiger partial charge in [-0.25, -0.2) is 9.97 Å². The molecular formula is C46H26N2S3. The third kappa shape index (κ3) is 4.66. The van der Waals surface area contributed by atoms with E-state index in [2.05, 4.69) is 152 Å². The number of rotatable bonds is 4. The second-order valence-corrected chi connectivity index (χ2v) is 16.1. The highest BCUT2D eigenvalue weighted by Crippen LogP contribution is 2.42. The lowest BCUT2D eigenvalue weighted by Crippen LogP contribution is -1.87. The molecule has 0 amide bonds. The van der Waals surface area contributed by atoms with E-state index in [0.717, 1.165) is 27.0 Å². The minimum atomic E-state index is 0.888. The number of fused-ring (bicyclic) bond motifs is 9. The lowest BCUT2D eigenvalue weighted by molar-refractivity contribution is 1.32. The SMILES string of the molecule is c1ccc2c(c1)sc1c(-c3ccc(-c4ccc5sc6ncc(-c7ccc(-c8cccc9c8sc8ccccc89)cc7)nc6c5c4)cc3)cccc12. The molecule has 0 saturated heterocycles. The average molecular weight is 703 g/mol. The first-order valence-electron chi connectivity index (χ1n) is 17.0. The third-order valence-electron chi connectivity index (χ3n) is 10.0. The number of benzene rings is 7. The van der Waals surface area contributed by atoms with Gasteiger partial charge in [0.05, 0.1) is 11.9 Å². The monoisotopic (exact) mass is 702 g/mol. The Morgan fingerprint density at radius 3 is 1.51 bits per heavy atom. The predicted octanol–water partition coefficient (Wildman–Crippen LogP) is 14.2. The topological polar surface area (TPSA) is 25.8 Å². The molecule has 51 heavy (non-hydrogen) atoms. The van der Waals surface area contributed by atoms with Gasteiger partial charge in [0.2, 0.25) is 0 Å². The molecule has 5 heteroatoms. The van der Waals surface area contributed by atoms with Gasteiger partial charge in [-0.15, -0.1) is 34.0 Å². The summed E-state index contributed by atoms with van der Waals surface area (Å²) in [5.74, 6) is 0. The first-order chi connectivity index (χ1) is 25.2. The van der Waals surface area contributed by atoms with Crippen molar-refractivity contribution in [3.05, 3.63) is 158 Å². The maximum absolute atomic E-state index is 5.20. The van der Waals surface area contributed by atoms with Gasteiger partial charge in [-0.2, -0.15) is 0 Å². The summed E-state index contributed by atoms with van der Waals surface area (Å²) in [6.45, 7) is 0. The highest BCUT2D eigenvalue weighted by atomic mass is 32.1. The van der Waals surface area contributed by atoms with E-state index in [1.807, 2.05) is 28.9 Å². The number of hydrogen-bond acceptors (Lipinski definition) is 5. The van der Waals surface area contributed by atoms with Crippen LogP contribution in [-0.4, -0.2) is 9.97 Å². The van der Waals surface area contributed by atoms with Crippen molar-refractivity contribution in [1.29, 1.82) is 0 Å². The van der Waals surface area contributed by atoms with Crippen LogP contribution in [0.25, 0.3) is 105 Å². The van der Waals surface area contributed by atoms with Crippen molar-refractivity contribution in [3.8, 4) is 44.6 Å². The molecule has 4 heterocycles. The summed E-state index contributed by atoms with van der Waals surface area (Å²) in [7, 11) is 0. The van der Waals surface area contributed by atoms with Crippen LogP contribution >= 0.6 is 34.0 Å². The molecule has 7 aromatic carbocycles. The van der Waals surface area contributed by atoms with Gasteiger partial charge in [-0.3, -0.25) is 0 Å². The molecule has 11 aromatic rings. The summed E-state index contributed by atoms with van der Waals surface area (Å²) in [6, 6.07) is 55.2. The fourth-order valence-electron chi connectivity index (χ4n) is 7.47. The third-order valence-corrected chi connectivity index (χ3v) is 13.5. The molecule has 0 N–H and O–H groups in total. The molecule has 0 spiro atoms. The Morgan fingerprint density at radius 1 is 0.373 bits per heavy atom. The van der Waals surface area contributed by atoms with E-state index >= 15 is 0 Å². The molecule has 4 aromatic heterocycles. The zero-order valence-corrected chi connectivity index (χ0v) is 29.6. The van der Waals surface area contributed by atoms with Crippen molar-refractivity contribution in [2.75, 3.05) is 0 Å². The minimum absolute atomic E-state index is 0.888. The zero-order valence-electron chi connectivity index (χ0n) is 27.1. The minimum Gasteiger partial charge on any atom is -0.243 e. The Balaban J connectivity index is 0.932. The van der Waals surface area contributed by atoms with Crippen LogP contribution in [-0.2, 0) is 0 Å². The maximum atomic E-state index is 5.20.